The lowest BCUT2D eigenvalue weighted by Crippen LogP contribution is -2.28. The molecule has 0 radical (unpaired) electrons. The van der Waals surface area contributed by atoms with Gasteiger partial charge in [0.25, 0.3) is 0 Å². The molecule has 0 fully saturated rings. The summed E-state index contributed by atoms with van der Waals surface area (Å²) in [6.45, 7) is 10.6. The summed E-state index contributed by atoms with van der Waals surface area (Å²) in [5.74, 6) is 1.12. The Kier molecular flexibility index (Phi) is 16.3. The highest BCUT2D eigenvalue weighted by atomic mass is 32.3. The fourth-order valence-corrected chi connectivity index (χ4v) is 4.56. The fourth-order valence-electron chi connectivity index (χ4n) is 3.08. The molecule has 0 saturated carbocycles. The molecule has 1 N–H and O–H groups in total. The highest BCUT2D eigenvalue weighted by Crippen LogP contribution is 2.53. The highest BCUT2D eigenvalue weighted by Gasteiger charge is 2.27. The van der Waals surface area contributed by atoms with Gasteiger partial charge in [-0.25, -0.2) is 10.0 Å². The SMILES string of the molecule is CCCCCCCCCCCCCCOCC(O)CCS(C)(C)C(C)(C)C. The van der Waals surface area contributed by atoms with Gasteiger partial charge < -0.3 is 9.84 Å². The van der Waals surface area contributed by atoms with E-state index in [1.54, 1.807) is 0 Å². The molecule has 0 rings (SSSR count). The predicted molar refractivity (Wildman–Crippen MR) is 127 cm³/mol. The van der Waals surface area contributed by atoms with Crippen LogP contribution in [0.25, 0.3) is 0 Å². The van der Waals surface area contributed by atoms with E-state index in [1.165, 1.54) is 70.6 Å². The minimum absolute atomic E-state index is 0.295. The molecule has 0 aliphatic heterocycles. The third-order valence-electron chi connectivity index (χ3n) is 6.07. The van der Waals surface area contributed by atoms with Gasteiger partial charge in [-0.15, -0.1) is 0 Å². The summed E-state index contributed by atoms with van der Waals surface area (Å²) in [6, 6.07) is 0. The highest BCUT2D eigenvalue weighted by molar-refractivity contribution is 8.33. The van der Waals surface area contributed by atoms with E-state index in [9.17, 15) is 5.11 Å². The lowest BCUT2D eigenvalue weighted by Gasteiger charge is -2.45. The average Bonchev–Trinajstić information content (AvgIpc) is 2.59. The van der Waals surface area contributed by atoms with Crippen molar-refractivity contribution >= 4 is 10.0 Å². The Morgan fingerprint density at radius 2 is 1.22 bits per heavy atom. The molecule has 0 aromatic rings. The molecule has 0 aliphatic carbocycles. The zero-order valence-electron chi connectivity index (χ0n) is 19.7. The van der Waals surface area contributed by atoms with Gasteiger partial charge >= 0.3 is 0 Å². The van der Waals surface area contributed by atoms with E-state index in [1.807, 2.05) is 0 Å². The Morgan fingerprint density at radius 3 is 1.67 bits per heavy atom. The van der Waals surface area contributed by atoms with Crippen LogP contribution in [-0.4, -0.2) is 47.4 Å². The van der Waals surface area contributed by atoms with Crippen molar-refractivity contribution in [3.63, 3.8) is 0 Å². The van der Waals surface area contributed by atoms with Crippen LogP contribution in [0, 0.1) is 0 Å². The summed E-state index contributed by atoms with van der Waals surface area (Å²) in [4.78, 5) is 0. The minimum atomic E-state index is -0.667. The van der Waals surface area contributed by atoms with Crippen LogP contribution < -0.4 is 0 Å². The van der Waals surface area contributed by atoms with Crippen molar-refractivity contribution in [2.45, 2.75) is 122 Å². The third-order valence-corrected chi connectivity index (χ3v) is 10.6. The van der Waals surface area contributed by atoms with Crippen LogP contribution in [0.5, 0.6) is 0 Å². The Labute approximate surface area is 173 Å². The molecule has 1 unspecified atom stereocenters. The first kappa shape index (κ1) is 27.3. The summed E-state index contributed by atoms with van der Waals surface area (Å²) >= 11 is 0. The molecule has 3 heteroatoms. The van der Waals surface area contributed by atoms with Gasteiger partial charge in [-0.3, -0.25) is 0 Å². The van der Waals surface area contributed by atoms with Crippen LogP contribution in [0.4, 0.5) is 0 Å². The van der Waals surface area contributed by atoms with E-state index in [-0.39, 0.29) is 6.10 Å². The summed E-state index contributed by atoms with van der Waals surface area (Å²) in [5, 5.41) is 10.2. The molecule has 1 atom stereocenters. The zero-order chi connectivity index (χ0) is 20.6. The zero-order valence-corrected chi connectivity index (χ0v) is 20.5. The molecule has 0 spiro atoms. The van der Waals surface area contributed by atoms with E-state index in [2.05, 4.69) is 40.2 Å². The first-order valence-electron chi connectivity index (χ1n) is 11.7. The van der Waals surface area contributed by atoms with Gasteiger partial charge in [0.2, 0.25) is 0 Å². The normalized spacial score (nSPS) is 14.5. The first-order valence-corrected chi connectivity index (χ1v) is 14.3. The molecule has 0 saturated heterocycles. The van der Waals surface area contributed by atoms with Gasteiger partial charge in [0.05, 0.1) is 12.7 Å². The first-order chi connectivity index (χ1) is 12.7. The molecule has 0 aromatic carbocycles. The van der Waals surface area contributed by atoms with Crippen LogP contribution in [0.3, 0.4) is 0 Å². The quantitative estimate of drug-likeness (QED) is 0.242. The van der Waals surface area contributed by atoms with Gasteiger partial charge in [-0.1, -0.05) is 98.3 Å². The molecule has 0 bridgehead atoms. The Hall–Kier alpha value is 0.270. The molecular weight excluding hydrogens is 352 g/mol. The van der Waals surface area contributed by atoms with Crippen LogP contribution in [0.2, 0.25) is 0 Å². The maximum Gasteiger partial charge on any atom is 0.0781 e. The molecule has 166 valence electrons. The summed E-state index contributed by atoms with van der Waals surface area (Å²) in [6.07, 6.45) is 21.8. The second kappa shape index (κ2) is 16.1. The molecule has 0 aromatic heterocycles. The van der Waals surface area contributed by atoms with E-state index in [0.717, 1.165) is 25.2 Å². The van der Waals surface area contributed by atoms with E-state index < -0.39 is 10.0 Å². The predicted octanol–water partition coefficient (Wildman–Crippen LogP) is 7.32. The van der Waals surface area contributed by atoms with E-state index in [4.69, 9.17) is 4.74 Å². The Balaban J connectivity index is 3.37. The van der Waals surface area contributed by atoms with Gasteiger partial charge in [-0.2, -0.15) is 0 Å². The molecule has 2 nitrogen and oxygen atoms in total. The second-order valence-electron chi connectivity index (χ2n) is 9.76. The van der Waals surface area contributed by atoms with Crippen molar-refractivity contribution in [1.82, 2.24) is 0 Å². The summed E-state index contributed by atoms with van der Waals surface area (Å²) in [5.41, 5.74) is 0. The van der Waals surface area contributed by atoms with E-state index >= 15 is 0 Å². The standard InChI is InChI=1S/C24H52O2S/c1-7-8-9-10-11-12-13-14-15-16-17-18-20-26-22-23(25)19-21-27(5,6)24(2,3)4/h23,25H,7-22H2,1-6H3. The number of hydrogen-bond acceptors (Lipinski definition) is 2. The van der Waals surface area contributed by atoms with Crippen molar-refractivity contribution in [3.05, 3.63) is 0 Å². The van der Waals surface area contributed by atoms with Crippen molar-refractivity contribution in [2.75, 3.05) is 31.5 Å². The molecular formula is C24H52O2S. The van der Waals surface area contributed by atoms with E-state index in [0.29, 0.717) is 11.4 Å². The largest absolute Gasteiger partial charge is 0.391 e. The Bertz CT molecular complexity index is 323. The number of aliphatic hydroxyl groups excluding tert-OH is 1. The van der Waals surface area contributed by atoms with Crippen LogP contribution in [0.15, 0.2) is 0 Å². The monoisotopic (exact) mass is 404 g/mol. The van der Waals surface area contributed by atoms with Gasteiger partial charge in [0.1, 0.15) is 0 Å². The van der Waals surface area contributed by atoms with Crippen LogP contribution >= 0.6 is 10.0 Å². The number of ether oxygens (including phenoxy) is 1. The average molecular weight is 405 g/mol. The maximum absolute atomic E-state index is 10.2. The molecule has 27 heavy (non-hydrogen) atoms. The summed E-state index contributed by atoms with van der Waals surface area (Å²) < 4.78 is 6.05. The van der Waals surface area contributed by atoms with Crippen LogP contribution in [-0.2, 0) is 4.74 Å². The lowest BCUT2D eigenvalue weighted by atomic mass is 10.1. The van der Waals surface area contributed by atoms with Gasteiger partial charge in [0, 0.05) is 6.61 Å². The minimum Gasteiger partial charge on any atom is -0.391 e. The van der Waals surface area contributed by atoms with Crippen molar-refractivity contribution in [1.29, 1.82) is 0 Å². The molecule has 0 heterocycles. The van der Waals surface area contributed by atoms with Crippen molar-refractivity contribution in [2.24, 2.45) is 0 Å². The smallest absolute Gasteiger partial charge is 0.0781 e. The molecule has 0 amide bonds. The number of aliphatic hydroxyl groups is 1. The van der Waals surface area contributed by atoms with Crippen molar-refractivity contribution in [3.8, 4) is 0 Å². The van der Waals surface area contributed by atoms with Crippen LogP contribution in [0.1, 0.15) is 111 Å². The number of rotatable bonds is 18. The third kappa shape index (κ3) is 15.8. The number of hydrogen-bond donors (Lipinski definition) is 1. The lowest BCUT2D eigenvalue weighted by molar-refractivity contribution is 0.0339. The number of unbranched alkanes of at least 4 members (excludes halogenated alkanes) is 11. The van der Waals surface area contributed by atoms with Gasteiger partial charge in [-0.05, 0) is 35.9 Å². The Morgan fingerprint density at radius 1 is 0.778 bits per heavy atom. The maximum atomic E-state index is 10.2. The fraction of sp³-hybridized carbons (Fsp3) is 1.00. The van der Waals surface area contributed by atoms with Crippen molar-refractivity contribution < 1.29 is 9.84 Å². The second-order valence-corrected chi connectivity index (χ2v) is 14.5. The topological polar surface area (TPSA) is 29.5 Å². The van der Waals surface area contributed by atoms with Gasteiger partial charge in [0.15, 0.2) is 0 Å². The molecule has 0 aliphatic rings. The summed E-state index contributed by atoms with van der Waals surface area (Å²) in [7, 11) is -0.667.